The summed E-state index contributed by atoms with van der Waals surface area (Å²) in [5.74, 6) is -1.31. The number of fused-ring (bicyclic) bond motifs is 1. The summed E-state index contributed by atoms with van der Waals surface area (Å²) < 4.78 is 28.9. The molecule has 2 N–H and O–H groups in total. The molecule has 0 aliphatic heterocycles. The van der Waals surface area contributed by atoms with Crippen LogP contribution in [0.25, 0.3) is 20.8 Å². The van der Waals surface area contributed by atoms with Crippen molar-refractivity contribution >= 4 is 39.1 Å². The van der Waals surface area contributed by atoms with Gasteiger partial charge in [-0.1, -0.05) is 18.2 Å². The van der Waals surface area contributed by atoms with Gasteiger partial charge in [-0.15, -0.1) is 11.3 Å². The molecule has 2 amide bonds. The van der Waals surface area contributed by atoms with Crippen molar-refractivity contribution in [3.05, 3.63) is 84.7 Å². The number of para-hydroxylation sites is 1. The van der Waals surface area contributed by atoms with Crippen LogP contribution in [0.1, 0.15) is 12.5 Å². The number of hydrogen-bond acceptors (Lipinski definition) is 7. The van der Waals surface area contributed by atoms with Gasteiger partial charge in [0, 0.05) is 43.3 Å². The number of benzene rings is 2. The monoisotopic (exact) mass is 559 g/mol. The van der Waals surface area contributed by atoms with E-state index in [0.717, 1.165) is 33.4 Å². The zero-order valence-corrected chi connectivity index (χ0v) is 22.6. The van der Waals surface area contributed by atoms with Crippen LogP contribution >= 0.6 is 11.3 Å². The summed E-state index contributed by atoms with van der Waals surface area (Å²) in [4.78, 5) is 34.3. The van der Waals surface area contributed by atoms with E-state index in [4.69, 9.17) is 9.47 Å². The number of nitrogens with zero attached hydrogens (tertiary/aromatic N) is 3. The summed E-state index contributed by atoms with van der Waals surface area (Å²) in [5.41, 5.74) is 2.57. The van der Waals surface area contributed by atoms with Crippen molar-refractivity contribution in [3.8, 4) is 27.8 Å². The number of pyridine rings is 1. The van der Waals surface area contributed by atoms with Crippen molar-refractivity contribution in [3.63, 3.8) is 0 Å². The molecular formula is C29H26FN5O4S. The Balaban J connectivity index is 1.22. The average Bonchev–Trinajstić information content (AvgIpc) is 3.62. The van der Waals surface area contributed by atoms with Crippen LogP contribution in [0.3, 0.4) is 0 Å². The number of methoxy groups -OCH3 is 1. The molecule has 0 saturated carbocycles. The number of amides is 2. The Morgan fingerprint density at radius 2 is 1.88 bits per heavy atom. The summed E-state index contributed by atoms with van der Waals surface area (Å²) in [5, 5.41) is 4.98. The summed E-state index contributed by atoms with van der Waals surface area (Å²) in [6.45, 7) is 3.09. The molecule has 0 saturated heterocycles. The Hall–Kier alpha value is -4.77. The Bertz CT molecular complexity index is 1680. The van der Waals surface area contributed by atoms with Gasteiger partial charge in [-0.2, -0.15) is 0 Å². The first-order valence-corrected chi connectivity index (χ1v) is 13.4. The van der Waals surface area contributed by atoms with Gasteiger partial charge in [0.25, 0.3) is 0 Å². The molecule has 3 aromatic heterocycles. The minimum atomic E-state index is -0.902. The van der Waals surface area contributed by atoms with Gasteiger partial charge in [-0.3, -0.25) is 14.6 Å². The molecular weight excluding hydrogens is 533 g/mol. The van der Waals surface area contributed by atoms with Crippen molar-refractivity contribution in [2.75, 3.05) is 19.0 Å². The van der Waals surface area contributed by atoms with Gasteiger partial charge in [0.15, 0.2) is 11.6 Å². The lowest BCUT2D eigenvalue weighted by atomic mass is 10.1. The first-order chi connectivity index (χ1) is 19.4. The van der Waals surface area contributed by atoms with E-state index < -0.39 is 17.6 Å². The highest BCUT2D eigenvalue weighted by atomic mass is 32.1. The van der Waals surface area contributed by atoms with Crippen LogP contribution in [0.15, 0.2) is 73.3 Å². The number of hydrogen-bond donors (Lipinski definition) is 2. The highest BCUT2D eigenvalue weighted by Crippen LogP contribution is 2.39. The van der Waals surface area contributed by atoms with Crippen molar-refractivity contribution in [1.29, 1.82) is 0 Å². The van der Waals surface area contributed by atoms with E-state index in [-0.39, 0.29) is 18.0 Å². The first kappa shape index (κ1) is 26.8. The second-order valence-corrected chi connectivity index (χ2v) is 9.79. The zero-order chi connectivity index (χ0) is 28.1. The number of rotatable bonds is 9. The fourth-order valence-electron chi connectivity index (χ4n) is 4.05. The highest BCUT2D eigenvalue weighted by Gasteiger charge is 2.17. The maximum Gasteiger partial charge on any atom is 0.313 e. The fourth-order valence-corrected chi connectivity index (χ4v) is 5.08. The third kappa shape index (κ3) is 5.94. The van der Waals surface area contributed by atoms with Gasteiger partial charge < -0.3 is 24.7 Å². The van der Waals surface area contributed by atoms with E-state index >= 15 is 0 Å². The molecule has 2 aromatic carbocycles. The fraction of sp³-hybridized carbons (Fsp3) is 0.172. The van der Waals surface area contributed by atoms with Gasteiger partial charge in [-0.25, -0.2) is 9.37 Å². The molecule has 5 rings (SSSR count). The normalized spacial score (nSPS) is 10.9. The van der Waals surface area contributed by atoms with Crippen LogP contribution < -0.4 is 20.1 Å². The van der Waals surface area contributed by atoms with E-state index in [0.29, 0.717) is 23.4 Å². The van der Waals surface area contributed by atoms with E-state index in [1.165, 1.54) is 23.5 Å². The topological polar surface area (TPSA) is 107 Å². The number of ether oxygens (including phenoxy) is 2. The molecule has 11 heteroatoms. The maximum atomic E-state index is 14.9. The number of carbonyl (C=O) groups is 2. The van der Waals surface area contributed by atoms with Crippen LogP contribution in [0.5, 0.6) is 17.2 Å². The van der Waals surface area contributed by atoms with Crippen LogP contribution in [0.4, 0.5) is 10.1 Å². The molecule has 0 spiro atoms. The van der Waals surface area contributed by atoms with E-state index in [1.807, 2.05) is 48.0 Å². The van der Waals surface area contributed by atoms with Crippen LogP contribution in [0.2, 0.25) is 0 Å². The number of thiophene rings is 1. The molecule has 40 heavy (non-hydrogen) atoms. The molecule has 9 nitrogen and oxygen atoms in total. The van der Waals surface area contributed by atoms with Crippen molar-refractivity contribution < 1.29 is 23.5 Å². The van der Waals surface area contributed by atoms with E-state index in [9.17, 15) is 14.0 Å². The zero-order valence-electron chi connectivity index (χ0n) is 21.8. The van der Waals surface area contributed by atoms with Crippen LogP contribution in [-0.2, 0) is 22.6 Å². The average molecular weight is 560 g/mol. The van der Waals surface area contributed by atoms with Crippen LogP contribution in [0, 0.1) is 5.82 Å². The lowest BCUT2D eigenvalue weighted by Gasteiger charge is -2.11. The summed E-state index contributed by atoms with van der Waals surface area (Å²) in [6, 6.07) is 15.0. The number of anilines is 1. The Kier molecular flexibility index (Phi) is 8.02. The van der Waals surface area contributed by atoms with Gasteiger partial charge in [0.05, 0.1) is 34.2 Å². The van der Waals surface area contributed by atoms with Gasteiger partial charge in [0.2, 0.25) is 0 Å². The summed E-state index contributed by atoms with van der Waals surface area (Å²) in [7, 11) is 1.57. The van der Waals surface area contributed by atoms with Gasteiger partial charge >= 0.3 is 11.8 Å². The van der Waals surface area contributed by atoms with Gasteiger partial charge in [-0.05, 0) is 43.2 Å². The van der Waals surface area contributed by atoms with Crippen molar-refractivity contribution in [2.24, 2.45) is 0 Å². The standard InChI is InChI=1S/C29H26FN5O4S/c1-3-35-16-22(33-17-35)26-15-21-27(40-26)25(11-13-31-21)39-24-9-8-19(14-20(24)30)34-29(37)28(36)32-12-10-18-6-4-5-7-23(18)38-2/h4-9,11,13-17H,3,10,12H2,1-2H3,(H,32,36)(H,34,37). The predicted octanol–water partition coefficient (Wildman–Crippen LogP) is 5.42. The number of aromatic nitrogens is 3. The van der Waals surface area contributed by atoms with Crippen molar-refractivity contribution in [2.45, 2.75) is 19.9 Å². The third-order valence-corrected chi connectivity index (χ3v) is 7.28. The Labute approximate surface area is 233 Å². The van der Waals surface area contributed by atoms with Gasteiger partial charge in [0.1, 0.15) is 11.5 Å². The van der Waals surface area contributed by atoms with E-state index in [2.05, 4.69) is 20.6 Å². The third-order valence-electron chi connectivity index (χ3n) is 6.11. The Morgan fingerprint density at radius 1 is 1.02 bits per heavy atom. The lowest BCUT2D eigenvalue weighted by molar-refractivity contribution is -0.136. The molecule has 0 aliphatic rings. The predicted molar refractivity (Wildman–Crippen MR) is 151 cm³/mol. The Morgan fingerprint density at radius 3 is 2.65 bits per heavy atom. The number of imidazole rings is 1. The molecule has 3 heterocycles. The highest BCUT2D eigenvalue weighted by molar-refractivity contribution is 7.22. The first-order valence-electron chi connectivity index (χ1n) is 12.5. The smallest absolute Gasteiger partial charge is 0.313 e. The second-order valence-electron chi connectivity index (χ2n) is 8.74. The largest absolute Gasteiger partial charge is 0.496 e. The maximum absolute atomic E-state index is 14.9. The molecule has 0 unspecified atom stereocenters. The summed E-state index contributed by atoms with van der Waals surface area (Å²) in [6.07, 6.45) is 5.81. The molecule has 0 aliphatic carbocycles. The lowest BCUT2D eigenvalue weighted by Crippen LogP contribution is -2.36. The molecule has 0 radical (unpaired) electrons. The molecule has 204 valence electrons. The minimum absolute atomic E-state index is 0.0306. The molecule has 5 aromatic rings. The molecule has 0 atom stereocenters. The summed E-state index contributed by atoms with van der Waals surface area (Å²) >= 11 is 1.45. The van der Waals surface area contributed by atoms with E-state index in [1.54, 1.807) is 25.7 Å². The SMILES string of the molecule is CCn1cnc(-c2cc3nccc(Oc4ccc(NC(=O)C(=O)NCCc5ccccc5OC)cc4F)c3s2)c1. The second kappa shape index (κ2) is 12.0. The molecule has 0 fully saturated rings. The number of aryl methyl sites for hydroxylation is 1. The number of halogens is 1. The minimum Gasteiger partial charge on any atom is -0.496 e. The number of carbonyl (C=O) groups excluding carboxylic acids is 2. The molecule has 0 bridgehead atoms. The van der Waals surface area contributed by atoms with Crippen LogP contribution in [-0.4, -0.2) is 40.0 Å². The van der Waals surface area contributed by atoms with Crippen molar-refractivity contribution in [1.82, 2.24) is 19.9 Å². The number of nitrogens with one attached hydrogen (secondary N) is 2. The quantitative estimate of drug-likeness (QED) is 0.234.